The quantitative estimate of drug-likeness (QED) is 0.0262. The highest BCUT2D eigenvalue weighted by Crippen LogP contribution is 2.17. The van der Waals surface area contributed by atoms with E-state index >= 15 is 0 Å². The van der Waals surface area contributed by atoms with Gasteiger partial charge < -0.3 is 14.2 Å². The zero-order valence-electron chi connectivity index (χ0n) is 45.2. The fourth-order valence-corrected chi connectivity index (χ4v) is 8.95. The highest BCUT2D eigenvalue weighted by atomic mass is 16.6. The summed E-state index contributed by atoms with van der Waals surface area (Å²) in [5.74, 6) is -0.856. The van der Waals surface area contributed by atoms with Crippen molar-refractivity contribution < 1.29 is 28.6 Å². The Kier molecular flexibility index (Phi) is 54.7. The first-order chi connectivity index (χ1) is 33.0. The van der Waals surface area contributed by atoms with Gasteiger partial charge in [-0.1, -0.05) is 283 Å². The van der Waals surface area contributed by atoms with E-state index in [2.05, 4.69) is 45.1 Å². The summed E-state index contributed by atoms with van der Waals surface area (Å²) in [7, 11) is 0. The van der Waals surface area contributed by atoms with Gasteiger partial charge in [-0.05, 0) is 51.4 Å². The molecule has 0 heterocycles. The van der Waals surface area contributed by atoms with Crippen LogP contribution in [0.1, 0.15) is 329 Å². The lowest BCUT2D eigenvalue weighted by atomic mass is 10.0. The maximum atomic E-state index is 12.8. The minimum absolute atomic E-state index is 0.0677. The Morgan fingerprint density at radius 3 is 0.851 bits per heavy atom. The average Bonchev–Trinajstić information content (AvgIpc) is 3.33. The van der Waals surface area contributed by atoms with Gasteiger partial charge in [0.15, 0.2) is 6.10 Å². The lowest BCUT2D eigenvalue weighted by molar-refractivity contribution is -0.167. The van der Waals surface area contributed by atoms with Crippen LogP contribution < -0.4 is 0 Å². The standard InChI is InChI=1S/C61H114O6/c1-4-7-10-13-16-19-21-23-25-27-29-30-31-33-34-36-38-40-42-45-48-51-54-60(63)66-57-58(56-65-59(62)53-50-47-44-18-15-12-9-6-3)67-61(64)55-52-49-46-43-41-39-37-35-32-28-26-24-22-20-17-14-11-8-5-2/h17,20,24,26,58H,4-16,18-19,21-23,25,27-57H2,1-3H3/b20-17-,26-24-. The number of carbonyl (C=O) groups excluding carboxylic acids is 3. The third-order valence-corrected chi connectivity index (χ3v) is 13.5. The van der Waals surface area contributed by atoms with Gasteiger partial charge in [0, 0.05) is 19.3 Å². The summed E-state index contributed by atoms with van der Waals surface area (Å²) in [6, 6.07) is 0. The Bertz CT molecular complexity index is 1080. The van der Waals surface area contributed by atoms with Crippen LogP contribution >= 0.6 is 0 Å². The molecule has 0 aliphatic rings. The number of hydrogen-bond donors (Lipinski definition) is 0. The van der Waals surface area contributed by atoms with Gasteiger partial charge in [0.1, 0.15) is 13.2 Å². The molecule has 0 aromatic heterocycles. The molecule has 0 bridgehead atoms. The molecule has 0 amide bonds. The number of carbonyl (C=O) groups is 3. The summed E-state index contributed by atoms with van der Waals surface area (Å²) in [4.78, 5) is 38.0. The molecule has 0 aliphatic carbocycles. The molecule has 1 atom stereocenters. The Morgan fingerprint density at radius 1 is 0.299 bits per heavy atom. The number of rotatable bonds is 55. The van der Waals surface area contributed by atoms with E-state index in [0.717, 1.165) is 64.2 Å². The van der Waals surface area contributed by atoms with E-state index in [9.17, 15) is 14.4 Å². The summed E-state index contributed by atoms with van der Waals surface area (Å²) in [5.41, 5.74) is 0. The Hall–Kier alpha value is -2.11. The molecule has 0 aromatic rings. The maximum absolute atomic E-state index is 12.8. The molecule has 0 rings (SSSR count). The highest BCUT2D eigenvalue weighted by molar-refractivity contribution is 5.71. The zero-order chi connectivity index (χ0) is 48.6. The molecule has 0 saturated carbocycles. The van der Waals surface area contributed by atoms with Crippen molar-refractivity contribution in [1.29, 1.82) is 0 Å². The maximum Gasteiger partial charge on any atom is 0.306 e. The molecule has 0 aliphatic heterocycles. The third-order valence-electron chi connectivity index (χ3n) is 13.5. The van der Waals surface area contributed by atoms with Gasteiger partial charge in [0.2, 0.25) is 0 Å². The molecule has 1 unspecified atom stereocenters. The van der Waals surface area contributed by atoms with Crippen molar-refractivity contribution in [2.24, 2.45) is 0 Å². The monoisotopic (exact) mass is 943 g/mol. The summed E-state index contributed by atoms with van der Waals surface area (Å²) in [5, 5.41) is 0. The van der Waals surface area contributed by atoms with Crippen molar-refractivity contribution in [3.63, 3.8) is 0 Å². The predicted octanol–water partition coefficient (Wildman–Crippen LogP) is 19.9. The number of ether oxygens (including phenoxy) is 3. The van der Waals surface area contributed by atoms with Crippen molar-refractivity contribution in [3.8, 4) is 0 Å². The normalized spacial score (nSPS) is 12.1. The fourth-order valence-electron chi connectivity index (χ4n) is 8.95. The molecule has 6 nitrogen and oxygen atoms in total. The molecule has 0 radical (unpaired) electrons. The van der Waals surface area contributed by atoms with Gasteiger partial charge in [-0.3, -0.25) is 14.4 Å². The second kappa shape index (κ2) is 56.5. The second-order valence-electron chi connectivity index (χ2n) is 20.3. The SMILES string of the molecule is CCCCC/C=C\C/C=C\CCCCCCCCCCCC(=O)OC(COC(=O)CCCCCCCCCC)COC(=O)CCCCCCCCCCCCCCCCCCCCCCCC. The number of esters is 3. The first-order valence-corrected chi connectivity index (χ1v) is 29.8. The highest BCUT2D eigenvalue weighted by Gasteiger charge is 2.19. The summed E-state index contributed by atoms with van der Waals surface area (Å²) < 4.78 is 16.8. The van der Waals surface area contributed by atoms with Gasteiger partial charge in [-0.25, -0.2) is 0 Å². The van der Waals surface area contributed by atoms with Gasteiger partial charge >= 0.3 is 17.9 Å². The molecular formula is C61H114O6. The fraction of sp³-hybridized carbons (Fsp3) is 0.885. The van der Waals surface area contributed by atoms with Crippen LogP contribution in [0.15, 0.2) is 24.3 Å². The minimum atomic E-state index is -0.767. The van der Waals surface area contributed by atoms with Gasteiger partial charge in [-0.15, -0.1) is 0 Å². The first kappa shape index (κ1) is 64.9. The number of hydrogen-bond acceptors (Lipinski definition) is 6. The van der Waals surface area contributed by atoms with Crippen LogP contribution in [0.2, 0.25) is 0 Å². The lowest BCUT2D eigenvalue weighted by Gasteiger charge is -2.18. The summed E-state index contributed by atoms with van der Waals surface area (Å²) >= 11 is 0. The van der Waals surface area contributed by atoms with Crippen molar-refractivity contribution in [1.82, 2.24) is 0 Å². The van der Waals surface area contributed by atoms with E-state index in [1.165, 1.54) is 225 Å². The van der Waals surface area contributed by atoms with E-state index in [0.29, 0.717) is 19.3 Å². The summed E-state index contributed by atoms with van der Waals surface area (Å²) in [6.07, 6.45) is 66.2. The van der Waals surface area contributed by atoms with Crippen LogP contribution in [0.3, 0.4) is 0 Å². The number of allylic oxidation sites excluding steroid dienone is 4. The minimum Gasteiger partial charge on any atom is -0.462 e. The Balaban J connectivity index is 4.16. The molecule has 0 fully saturated rings. The van der Waals surface area contributed by atoms with Crippen LogP contribution in [0.4, 0.5) is 0 Å². The van der Waals surface area contributed by atoms with Crippen molar-refractivity contribution in [3.05, 3.63) is 24.3 Å². The van der Waals surface area contributed by atoms with Crippen molar-refractivity contribution in [2.75, 3.05) is 13.2 Å². The Morgan fingerprint density at radius 2 is 0.537 bits per heavy atom. The van der Waals surface area contributed by atoms with E-state index in [1.807, 2.05) is 0 Å². The van der Waals surface area contributed by atoms with E-state index in [-0.39, 0.29) is 31.1 Å². The second-order valence-corrected chi connectivity index (χ2v) is 20.3. The van der Waals surface area contributed by atoms with E-state index in [1.54, 1.807) is 0 Å². The Labute approximate surface area is 417 Å². The molecule has 394 valence electrons. The predicted molar refractivity (Wildman–Crippen MR) is 289 cm³/mol. The van der Waals surface area contributed by atoms with Gasteiger partial charge in [0.05, 0.1) is 0 Å². The lowest BCUT2D eigenvalue weighted by Crippen LogP contribution is -2.30. The molecular weight excluding hydrogens is 829 g/mol. The van der Waals surface area contributed by atoms with Gasteiger partial charge in [-0.2, -0.15) is 0 Å². The molecule has 0 aromatic carbocycles. The van der Waals surface area contributed by atoms with Crippen LogP contribution in [0.5, 0.6) is 0 Å². The molecule has 67 heavy (non-hydrogen) atoms. The molecule has 0 saturated heterocycles. The van der Waals surface area contributed by atoms with Gasteiger partial charge in [0.25, 0.3) is 0 Å². The van der Waals surface area contributed by atoms with Crippen molar-refractivity contribution in [2.45, 2.75) is 335 Å². The average molecular weight is 944 g/mol. The van der Waals surface area contributed by atoms with Crippen LogP contribution in [-0.2, 0) is 28.6 Å². The topological polar surface area (TPSA) is 78.9 Å². The molecule has 6 heteroatoms. The largest absolute Gasteiger partial charge is 0.462 e. The third kappa shape index (κ3) is 54.7. The molecule has 0 N–H and O–H groups in total. The number of unbranched alkanes of at least 4 members (excludes halogenated alkanes) is 40. The molecule has 0 spiro atoms. The summed E-state index contributed by atoms with van der Waals surface area (Å²) in [6.45, 7) is 6.64. The van der Waals surface area contributed by atoms with Crippen LogP contribution in [0.25, 0.3) is 0 Å². The first-order valence-electron chi connectivity index (χ1n) is 29.8. The van der Waals surface area contributed by atoms with E-state index in [4.69, 9.17) is 14.2 Å². The van der Waals surface area contributed by atoms with Crippen LogP contribution in [0, 0.1) is 0 Å². The van der Waals surface area contributed by atoms with Crippen molar-refractivity contribution >= 4 is 17.9 Å². The smallest absolute Gasteiger partial charge is 0.306 e. The van der Waals surface area contributed by atoms with E-state index < -0.39 is 6.10 Å². The zero-order valence-corrected chi connectivity index (χ0v) is 45.2. The van der Waals surface area contributed by atoms with Crippen LogP contribution in [-0.4, -0.2) is 37.2 Å².